The van der Waals surface area contributed by atoms with E-state index in [0.29, 0.717) is 27.4 Å². The topological polar surface area (TPSA) is 66.5 Å². The van der Waals surface area contributed by atoms with Gasteiger partial charge in [-0.15, -0.1) is 11.3 Å². The molecule has 1 aliphatic rings. The van der Waals surface area contributed by atoms with Crippen molar-refractivity contribution in [2.75, 3.05) is 10.2 Å². The molecular weight excluding hydrogens is 372 g/mol. The Morgan fingerprint density at radius 1 is 1.00 bits per heavy atom. The molecule has 2 heterocycles. The van der Waals surface area contributed by atoms with Gasteiger partial charge in [-0.2, -0.15) is 0 Å². The number of amides is 3. The van der Waals surface area contributed by atoms with Crippen LogP contribution in [0.5, 0.6) is 0 Å². The van der Waals surface area contributed by atoms with Gasteiger partial charge >= 0.3 is 0 Å². The summed E-state index contributed by atoms with van der Waals surface area (Å²) >= 11 is 1.48. The Labute approximate surface area is 166 Å². The number of fused-ring (bicyclic) bond motifs is 1. The zero-order chi connectivity index (χ0) is 19.8. The first kappa shape index (κ1) is 18.1. The third-order valence-electron chi connectivity index (χ3n) is 4.72. The van der Waals surface area contributed by atoms with E-state index in [-0.39, 0.29) is 17.7 Å². The molecule has 3 aromatic rings. The Kier molecular flexibility index (Phi) is 4.57. The van der Waals surface area contributed by atoms with Gasteiger partial charge < -0.3 is 5.32 Å². The van der Waals surface area contributed by atoms with Crippen LogP contribution in [0, 0.1) is 6.92 Å². The van der Waals surface area contributed by atoms with Crippen LogP contribution in [0.25, 0.3) is 0 Å². The third kappa shape index (κ3) is 3.01. The minimum atomic E-state index is -0.356. The number of aryl methyl sites for hydroxylation is 2. The van der Waals surface area contributed by atoms with Crippen LogP contribution in [0.15, 0.2) is 54.6 Å². The lowest BCUT2D eigenvalue weighted by Gasteiger charge is -2.15. The molecule has 0 aliphatic carbocycles. The quantitative estimate of drug-likeness (QED) is 0.658. The molecule has 0 bridgehead atoms. The average molecular weight is 390 g/mol. The largest absolute Gasteiger partial charge is 0.321 e. The van der Waals surface area contributed by atoms with E-state index in [1.807, 2.05) is 13.0 Å². The summed E-state index contributed by atoms with van der Waals surface area (Å²) in [4.78, 5) is 40.9. The van der Waals surface area contributed by atoms with Crippen LogP contribution >= 0.6 is 11.3 Å². The van der Waals surface area contributed by atoms with Crippen molar-refractivity contribution in [2.45, 2.75) is 20.3 Å². The lowest BCUT2D eigenvalue weighted by Crippen LogP contribution is -2.29. The van der Waals surface area contributed by atoms with E-state index in [1.54, 1.807) is 48.5 Å². The van der Waals surface area contributed by atoms with E-state index < -0.39 is 0 Å². The maximum Gasteiger partial charge on any atom is 0.266 e. The number of anilines is 2. The van der Waals surface area contributed by atoms with E-state index in [2.05, 4.69) is 12.2 Å². The summed E-state index contributed by atoms with van der Waals surface area (Å²) in [6.45, 7) is 4.06. The summed E-state index contributed by atoms with van der Waals surface area (Å²) in [7, 11) is 0. The zero-order valence-electron chi connectivity index (χ0n) is 15.5. The van der Waals surface area contributed by atoms with Crippen molar-refractivity contribution in [1.29, 1.82) is 0 Å². The summed E-state index contributed by atoms with van der Waals surface area (Å²) in [6, 6.07) is 15.4. The van der Waals surface area contributed by atoms with Crippen LogP contribution in [0.1, 0.15) is 47.8 Å². The van der Waals surface area contributed by atoms with Gasteiger partial charge in [0.25, 0.3) is 17.7 Å². The lowest BCUT2D eigenvalue weighted by atomic mass is 10.1. The van der Waals surface area contributed by atoms with Crippen molar-refractivity contribution < 1.29 is 14.4 Å². The molecule has 0 saturated heterocycles. The molecule has 5 nitrogen and oxygen atoms in total. The van der Waals surface area contributed by atoms with Gasteiger partial charge in [-0.25, -0.2) is 4.90 Å². The van der Waals surface area contributed by atoms with Gasteiger partial charge in [0.15, 0.2) is 0 Å². The minimum Gasteiger partial charge on any atom is -0.321 e. The van der Waals surface area contributed by atoms with E-state index >= 15 is 0 Å². The molecule has 28 heavy (non-hydrogen) atoms. The van der Waals surface area contributed by atoms with E-state index in [1.165, 1.54) is 16.2 Å². The van der Waals surface area contributed by atoms with Gasteiger partial charge in [-0.3, -0.25) is 14.4 Å². The minimum absolute atomic E-state index is 0.202. The molecule has 3 amide bonds. The number of benzene rings is 2. The number of hydrogen-bond acceptors (Lipinski definition) is 4. The summed E-state index contributed by atoms with van der Waals surface area (Å²) < 4.78 is 0. The SMILES string of the molecule is CCc1sc(C(=O)Nc2cccc(N3C(=O)c4ccccc4C3=O)c2)cc1C. The Morgan fingerprint density at radius 3 is 2.29 bits per heavy atom. The number of rotatable bonds is 4. The number of hydrogen-bond donors (Lipinski definition) is 1. The number of thiophene rings is 1. The number of nitrogens with zero attached hydrogens (tertiary/aromatic N) is 1. The maximum atomic E-state index is 12.7. The molecule has 1 aliphatic heterocycles. The Hall–Kier alpha value is -3.25. The monoisotopic (exact) mass is 390 g/mol. The Bertz CT molecular complexity index is 1080. The number of carbonyl (C=O) groups is 3. The molecule has 6 heteroatoms. The standard InChI is InChI=1S/C22H18N2O3S/c1-3-18-13(2)11-19(28-18)20(25)23-14-7-6-8-15(12-14)24-21(26)16-9-4-5-10-17(16)22(24)27/h4-12H,3H2,1-2H3,(H,23,25). The van der Waals surface area contributed by atoms with E-state index in [0.717, 1.165) is 16.9 Å². The van der Waals surface area contributed by atoms with Crippen molar-refractivity contribution in [2.24, 2.45) is 0 Å². The fourth-order valence-corrected chi connectivity index (χ4v) is 4.33. The first-order valence-corrected chi connectivity index (χ1v) is 9.79. The molecule has 0 saturated carbocycles. The molecule has 1 aromatic heterocycles. The molecule has 0 fully saturated rings. The molecule has 2 aromatic carbocycles. The van der Waals surface area contributed by atoms with Crippen molar-refractivity contribution >= 4 is 40.4 Å². The first-order valence-electron chi connectivity index (χ1n) is 8.98. The van der Waals surface area contributed by atoms with Crippen LogP contribution in [-0.4, -0.2) is 17.7 Å². The highest BCUT2D eigenvalue weighted by Crippen LogP contribution is 2.30. The molecule has 0 atom stereocenters. The van der Waals surface area contributed by atoms with Crippen LogP contribution in [0.3, 0.4) is 0 Å². The average Bonchev–Trinajstić information content (AvgIpc) is 3.20. The Balaban J connectivity index is 1.59. The summed E-state index contributed by atoms with van der Waals surface area (Å²) in [6.07, 6.45) is 0.888. The zero-order valence-corrected chi connectivity index (χ0v) is 16.3. The second-order valence-electron chi connectivity index (χ2n) is 6.57. The van der Waals surface area contributed by atoms with Gasteiger partial charge in [0.05, 0.1) is 21.7 Å². The molecule has 0 radical (unpaired) electrons. The number of imide groups is 1. The predicted octanol–water partition coefficient (Wildman–Crippen LogP) is 4.67. The van der Waals surface area contributed by atoms with E-state index in [4.69, 9.17) is 0 Å². The van der Waals surface area contributed by atoms with Crippen LogP contribution in [-0.2, 0) is 6.42 Å². The maximum absolute atomic E-state index is 12.7. The molecule has 1 N–H and O–H groups in total. The normalized spacial score (nSPS) is 13.0. The molecule has 0 unspecified atom stereocenters. The summed E-state index contributed by atoms with van der Waals surface area (Å²) in [5.74, 6) is -0.914. The first-order chi connectivity index (χ1) is 13.5. The predicted molar refractivity (Wildman–Crippen MR) is 110 cm³/mol. The summed E-state index contributed by atoms with van der Waals surface area (Å²) in [5, 5.41) is 2.86. The van der Waals surface area contributed by atoms with Gasteiger partial charge in [-0.1, -0.05) is 25.1 Å². The Morgan fingerprint density at radius 2 is 1.68 bits per heavy atom. The molecule has 4 rings (SSSR count). The highest BCUT2D eigenvalue weighted by Gasteiger charge is 2.36. The van der Waals surface area contributed by atoms with Crippen LogP contribution < -0.4 is 10.2 Å². The van der Waals surface area contributed by atoms with Gasteiger partial charge in [-0.05, 0) is 55.3 Å². The van der Waals surface area contributed by atoms with Crippen LogP contribution in [0.4, 0.5) is 11.4 Å². The van der Waals surface area contributed by atoms with Crippen molar-refractivity contribution in [3.05, 3.63) is 81.0 Å². The highest BCUT2D eigenvalue weighted by atomic mass is 32.1. The number of carbonyl (C=O) groups excluding carboxylic acids is 3. The van der Waals surface area contributed by atoms with Crippen LogP contribution in [0.2, 0.25) is 0 Å². The van der Waals surface area contributed by atoms with Gasteiger partial charge in [0.2, 0.25) is 0 Å². The molecular formula is C22H18N2O3S. The van der Waals surface area contributed by atoms with Crippen molar-refractivity contribution in [3.8, 4) is 0 Å². The van der Waals surface area contributed by atoms with Gasteiger partial charge in [0, 0.05) is 10.6 Å². The van der Waals surface area contributed by atoms with Crippen molar-refractivity contribution in [1.82, 2.24) is 0 Å². The second-order valence-corrected chi connectivity index (χ2v) is 7.70. The highest BCUT2D eigenvalue weighted by molar-refractivity contribution is 7.14. The smallest absolute Gasteiger partial charge is 0.266 e. The molecule has 140 valence electrons. The third-order valence-corrected chi connectivity index (χ3v) is 6.10. The fourth-order valence-electron chi connectivity index (χ4n) is 3.32. The fraction of sp³-hybridized carbons (Fsp3) is 0.136. The lowest BCUT2D eigenvalue weighted by molar-refractivity contribution is 0.0925. The number of nitrogens with one attached hydrogen (secondary N) is 1. The van der Waals surface area contributed by atoms with Crippen molar-refractivity contribution in [3.63, 3.8) is 0 Å². The van der Waals surface area contributed by atoms with E-state index in [9.17, 15) is 14.4 Å². The summed E-state index contributed by atoms with van der Waals surface area (Å²) in [5.41, 5.74) is 2.85. The van der Waals surface area contributed by atoms with Gasteiger partial charge in [0.1, 0.15) is 0 Å². The molecule has 0 spiro atoms. The second kappa shape index (κ2) is 7.05.